The van der Waals surface area contributed by atoms with E-state index in [0.717, 1.165) is 5.57 Å². The largest absolute Gasteiger partial charge is 0.480 e. The molecule has 86 valence electrons. The lowest BCUT2D eigenvalue weighted by atomic mass is 10.1. The highest BCUT2D eigenvalue weighted by Gasteiger charge is 2.19. The van der Waals surface area contributed by atoms with Gasteiger partial charge in [-0.15, -0.1) is 6.58 Å². The molecule has 1 atom stereocenters. The number of aliphatic carboxylic acids is 1. The number of carboxylic acids is 1. The number of amides is 1. The molecule has 1 amide bonds. The summed E-state index contributed by atoms with van der Waals surface area (Å²) in [5.41, 5.74) is 0.743. The maximum absolute atomic E-state index is 11.3. The fraction of sp³-hybridized carbons (Fsp3) is 0.636. The molecule has 0 spiro atoms. The molecule has 0 aliphatic rings. The van der Waals surface area contributed by atoms with Gasteiger partial charge in [-0.25, -0.2) is 4.79 Å². The van der Waals surface area contributed by atoms with Crippen molar-refractivity contribution in [2.45, 2.75) is 39.7 Å². The van der Waals surface area contributed by atoms with Crippen molar-refractivity contribution >= 4 is 11.9 Å². The maximum Gasteiger partial charge on any atom is 0.326 e. The van der Waals surface area contributed by atoms with Crippen molar-refractivity contribution in [2.75, 3.05) is 0 Å². The van der Waals surface area contributed by atoms with E-state index in [0.29, 0.717) is 6.42 Å². The second-order valence-electron chi connectivity index (χ2n) is 4.22. The lowest BCUT2D eigenvalue weighted by Crippen LogP contribution is -2.41. The van der Waals surface area contributed by atoms with Crippen molar-refractivity contribution in [1.82, 2.24) is 5.32 Å². The molecule has 0 bridgehead atoms. The predicted octanol–water partition coefficient (Wildman–Crippen LogP) is 1.57. The molecule has 0 rings (SSSR count). The zero-order valence-corrected chi connectivity index (χ0v) is 9.54. The molecule has 0 saturated heterocycles. The Hall–Kier alpha value is -1.32. The third-order valence-corrected chi connectivity index (χ3v) is 1.78. The molecular weight excluding hydrogens is 194 g/mol. The lowest BCUT2D eigenvalue weighted by Gasteiger charge is -2.15. The molecule has 2 N–H and O–H groups in total. The number of hydrogen-bond acceptors (Lipinski definition) is 2. The highest BCUT2D eigenvalue weighted by molar-refractivity contribution is 5.83. The average molecular weight is 213 g/mol. The van der Waals surface area contributed by atoms with Crippen LogP contribution in [0.15, 0.2) is 12.2 Å². The van der Waals surface area contributed by atoms with Crippen molar-refractivity contribution in [3.8, 4) is 0 Å². The Balaban J connectivity index is 4.22. The van der Waals surface area contributed by atoms with Gasteiger partial charge in [0.2, 0.25) is 5.91 Å². The number of nitrogens with one attached hydrogen (secondary N) is 1. The molecular formula is C11H19NO3. The highest BCUT2D eigenvalue weighted by Crippen LogP contribution is 2.04. The van der Waals surface area contributed by atoms with Gasteiger partial charge < -0.3 is 10.4 Å². The van der Waals surface area contributed by atoms with Crippen molar-refractivity contribution in [3.63, 3.8) is 0 Å². The van der Waals surface area contributed by atoms with Gasteiger partial charge >= 0.3 is 5.97 Å². The smallest absolute Gasteiger partial charge is 0.326 e. The molecule has 0 aliphatic carbocycles. The quantitative estimate of drug-likeness (QED) is 0.658. The van der Waals surface area contributed by atoms with E-state index in [4.69, 9.17) is 5.11 Å². The Morgan fingerprint density at radius 3 is 2.20 bits per heavy atom. The monoisotopic (exact) mass is 213 g/mol. The first-order valence-electron chi connectivity index (χ1n) is 4.99. The van der Waals surface area contributed by atoms with Crippen LogP contribution >= 0.6 is 0 Å². The van der Waals surface area contributed by atoms with Crippen LogP contribution < -0.4 is 5.32 Å². The van der Waals surface area contributed by atoms with Crippen LogP contribution in [0.3, 0.4) is 0 Å². The predicted molar refractivity (Wildman–Crippen MR) is 58.5 cm³/mol. The van der Waals surface area contributed by atoms with E-state index in [1.54, 1.807) is 6.92 Å². The van der Waals surface area contributed by atoms with E-state index in [-0.39, 0.29) is 18.2 Å². The fourth-order valence-corrected chi connectivity index (χ4v) is 1.17. The van der Waals surface area contributed by atoms with E-state index in [2.05, 4.69) is 11.9 Å². The Bertz CT molecular complexity index is 259. The first-order valence-corrected chi connectivity index (χ1v) is 4.99. The van der Waals surface area contributed by atoms with Gasteiger partial charge in [0, 0.05) is 6.42 Å². The zero-order chi connectivity index (χ0) is 12.0. The van der Waals surface area contributed by atoms with E-state index in [1.807, 2.05) is 13.8 Å². The number of rotatable bonds is 6. The third-order valence-electron chi connectivity index (χ3n) is 1.78. The van der Waals surface area contributed by atoms with Crippen LogP contribution in [-0.4, -0.2) is 23.0 Å². The molecule has 0 fully saturated rings. The van der Waals surface area contributed by atoms with Crippen molar-refractivity contribution in [3.05, 3.63) is 12.2 Å². The molecule has 4 heteroatoms. The summed E-state index contributed by atoms with van der Waals surface area (Å²) in [4.78, 5) is 22.1. The third kappa shape index (κ3) is 6.71. The molecule has 0 saturated carbocycles. The van der Waals surface area contributed by atoms with E-state index < -0.39 is 12.0 Å². The molecule has 0 aromatic rings. The first-order chi connectivity index (χ1) is 6.82. The minimum Gasteiger partial charge on any atom is -0.480 e. The molecule has 4 nitrogen and oxygen atoms in total. The van der Waals surface area contributed by atoms with Gasteiger partial charge in [0.25, 0.3) is 0 Å². The Morgan fingerprint density at radius 1 is 1.33 bits per heavy atom. The minimum atomic E-state index is -1.02. The number of carbonyl (C=O) groups is 2. The summed E-state index contributed by atoms with van der Waals surface area (Å²) in [6.07, 6.45) is 0.624. The van der Waals surface area contributed by atoms with Crippen molar-refractivity contribution in [2.24, 2.45) is 5.92 Å². The maximum atomic E-state index is 11.3. The number of hydrogen-bond donors (Lipinski definition) is 2. The SMILES string of the molecule is C=C(C)C[C@@H](NC(=O)CC(C)C)C(=O)O. The molecule has 15 heavy (non-hydrogen) atoms. The lowest BCUT2D eigenvalue weighted by molar-refractivity contribution is -0.141. The zero-order valence-electron chi connectivity index (χ0n) is 9.54. The van der Waals surface area contributed by atoms with Crippen LogP contribution in [0.2, 0.25) is 0 Å². The molecule has 0 aromatic heterocycles. The van der Waals surface area contributed by atoms with Gasteiger partial charge in [0.15, 0.2) is 0 Å². The van der Waals surface area contributed by atoms with Crippen LogP contribution in [0.1, 0.15) is 33.6 Å². The number of carbonyl (C=O) groups excluding carboxylic acids is 1. The van der Waals surface area contributed by atoms with Gasteiger partial charge in [-0.05, 0) is 19.3 Å². The van der Waals surface area contributed by atoms with Gasteiger partial charge in [0.05, 0.1) is 0 Å². The topological polar surface area (TPSA) is 66.4 Å². The van der Waals surface area contributed by atoms with Gasteiger partial charge in [-0.2, -0.15) is 0 Å². The summed E-state index contributed by atoms with van der Waals surface area (Å²) in [7, 11) is 0. The van der Waals surface area contributed by atoms with E-state index in [9.17, 15) is 9.59 Å². The van der Waals surface area contributed by atoms with Gasteiger partial charge in [-0.3, -0.25) is 4.79 Å². The summed E-state index contributed by atoms with van der Waals surface area (Å²) in [5, 5.41) is 11.3. The Morgan fingerprint density at radius 2 is 1.87 bits per heavy atom. The van der Waals surface area contributed by atoms with Crippen molar-refractivity contribution < 1.29 is 14.7 Å². The normalized spacial score (nSPS) is 12.3. The Labute approximate surface area is 90.4 Å². The second-order valence-corrected chi connectivity index (χ2v) is 4.22. The van der Waals surface area contributed by atoms with Crippen LogP contribution in [-0.2, 0) is 9.59 Å². The number of carboxylic acid groups (broad SMARTS) is 1. The summed E-state index contributed by atoms with van der Waals surface area (Å²) in [6.45, 7) is 9.19. The summed E-state index contributed by atoms with van der Waals surface area (Å²) >= 11 is 0. The van der Waals surface area contributed by atoms with Crippen LogP contribution in [0.5, 0.6) is 0 Å². The summed E-state index contributed by atoms with van der Waals surface area (Å²) < 4.78 is 0. The van der Waals surface area contributed by atoms with Gasteiger partial charge in [-0.1, -0.05) is 19.4 Å². The van der Waals surface area contributed by atoms with Crippen LogP contribution in [0.4, 0.5) is 0 Å². The van der Waals surface area contributed by atoms with Crippen LogP contribution in [0.25, 0.3) is 0 Å². The van der Waals surface area contributed by atoms with Gasteiger partial charge in [0.1, 0.15) is 6.04 Å². The fourth-order valence-electron chi connectivity index (χ4n) is 1.17. The standard InChI is InChI=1S/C11H19NO3/c1-7(2)5-9(11(14)15)12-10(13)6-8(3)4/h8-9H,1,5-6H2,2-4H3,(H,12,13)(H,14,15)/t9-/m1/s1. The summed E-state index contributed by atoms with van der Waals surface area (Å²) in [6, 6.07) is -0.853. The van der Waals surface area contributed by atoms with E-state index in [1.165, 1.54) is 0 Å². The van der Waals surface area contributed by atoms with E-state index >= 15 is 0 Å². The van der Waals surface area contributed by atoms with Crippen LogP contribution in [0, 0.1) is 5.92 Å². The molecule has 0 aromatic carbocycles. The Kier molecular flexibility index (Phi) is 5.67. The average Bonchev–Trinajstić information content (AvgIpc) is 1.99. The first kappa shape index (κ1) is 13.7. The molecule has 0 unspecified atom stereocenters. The molecule has 0 aliphatic heterocycles. The highest BCUT2D eigenvalue weighted by atomic mass is 16.4. The molecule has 0 radical (unpaired) electrons. The minimum absolute atomic E-state index is 0.223. The molecule has 0 heterocycles. The second kappa shape index (κ2) is 6.22. The summed E-state index contributed by atoms with van der Waals surface area (Å²) in [5.74, 6) is -1.02. The van der Waals surface area contributed by atoms with Crippen molar-refractivity contribution in [1.29, 1.82) is 0 Å².